The van der Waals surface area contributed by atoms with Crippen LogP contribution in [0.25, 0.3) is 22.0 Å². The molecule has 5 rings (SSSR count). The van der Waals surface area contributed by atoms with Gasteiger partial charge in [-0.05, 0) is 41.1 Å². The summed E-state index contributed by atoms with van der Waals surface area (Å²) in [7, 11) is 0. The lowest BCUT2D eigenvalue weighted by atomic mass is 10.1. The van der Waals surface area contributed by atoms with E-state index >= 15 is 0 Å². The average molecular weight is 477 g/mol. The van der Waals surface area contributed by atoms with Crippen LogP contribution in [0, 0.1) is 0 Å². The third-order valence-corrected chi connectivity index (χ3v) is 6.06. The first kappa shape index (κ1) is 22.6. The van der Waals surface area contributed by atoms with Gasteiger partial charge in [-0.1, -0.05) is 48.5 Å². The van der Waals surface area contributed by atoms with E-state index in [1.807, 2.05) is 35.2 Å². The highest BCUT2D eigenvalue weighted by atomic mass is 19.4. The van der Waals surface area contributed by atoms with Gasteiger partial charge in [0.05, 0.1) is 16.9 Å². The molecule has 2 heterocycles. The van der Waals surface area contributed by atoms with E-state index < -0.39 is 17.8 Å². The lowest BCUT2D eigenvalue weighted by molar-refractivity contribution is -0.136. The summed E-state index contributed by atoms with van der Waals surface area (Å²) < 4.78 is 39.6. The largest absolute Gasteiger partial charge is 0.418 e. The van der Waals surface area contributed by atoms with Gasteiger partial charge >= 0.3 is 12.2 Å². The standard InChI is InChI=1S/C26H22F3N5O/c27-26(28,29)21-7-3-4-8-23(21)30-25(35)34-15-13-33(14-16-34)24-12-11-22(31-32-24)20-10-9-18-5-1-2-6-19(18)17-20/h1-12,17H,13-16H2,(H,30,35). The number of hydrogen-bond donors (Lipinski definition) is 1. The Balaban J connectivity index is 1.21. The number of nitrogens with one attached hydrogen (secondary N) is 1. The highest BCUT2D eigenvalue weighted by molar-refractivity contribution is 5.90. The van der Waals surface area contributed by atoms with Crippen LogP contribution in [0.1, 0.15) is 5.56 Å². The summed E-state index contributed by atoms with van der Waals surface area (Å²) in [5, 5.41) is 13.4. The van der Waals surface area contributed by atoms with Gasteiger partial charge in [0.25, 0.3) is 0 Å². The van der Waals surface area contributed by atoms with Crippen molar-refractivity contribution in [2.45, 2.75) is 6.18 Å². The number of alkyl halides is 3. The van der Waals surface area contributed by atoms with Crippen LogP contribution in [-0.2, 0) is 6.18 Å². The molecule has 178 valence electrons. The number of hydrogen-bond acceptors (Lipinski definition) is 4. The zero-order valence-electron chi connectivity index (χ0n) is 18.7. The minimum atomic E-state index is -4.54. The quantitative estimate of drug-likeness (QED) is 0.413. The lowest BCUT2D eigenvalue weighted by Gasteiger charge is -2.35. The van der Waals surface area contributed by atoms with Crippen molar-refractivity contribution in [1.29, 1.82) is 0 Å². The SMILES string of the molecule is O=C(Nc1ccccc1C(F)(F)F)N1CCN(c2ccc(-c3ccc4ccccc4c3)nn2)CC1. The number of piperazine rings is 1. The third-order valence-electron chi connectivity index (χ3n) is 6.06. The number of carbonyl (C=O) groups is 1. The molecule has 1 aliphatic heterocycles. The molecule has 0 unspecified atom stereocenters. The van der Waals surface area contributed by atoms with Gasteiger partial charge in [-0.3, -0.25) is 0 Å². The summed E-state index contributed by atoms with van der Waals surface area (Å²) in [4.78, 5) is 16.1. The highest BCUT2D eigenvalue weighted by Crippen LogP contribution is 2.34. The zero-order chi connectivity index (χ0) is 24.4. The maximum Gasteiger partial charge on any atom is 0.418 e. The van der Waals surface area contributed by atoms with Crippen LogP contribution in [-0.4, -0.2) is 47.3 Å². The predicted molar refractivity (Wildman–Crippen MR) is 129 cm³/mol. The topological polar surface area (TPSA) is 61.4 Å². The van der Waals surface area contributed by atoms with Crippen LogP contribution >= 0.6 is 0 Å². The Bertz CT molecular complexity index is 1350. The van der Waals surface area contributed by atoms with Gasteiger partial charge in [0, 0.05) is 31.7 Å². The summed E-state index contributed by atoms with van der Waals surface area (Å²) in [6.07, 6.45) is -4.54. The summed E-state index contributed by atoms with van der Waals surface area (Å²) in [5.74, 6) is 0.692. The smallest absolute Gasteiger partial charge is 0.352 e. The highest BCUT2D eigenvalue weighted by Gasteiger charge is 2.34. The monoisotopic (exact) mass is 477 g/mol. The Morgan fingerprint density at radius 1 is 0.800 bits per heavy atom. The van der Waals surface area contributed by atoms with Crippen LogP contribution in [0.2, 0.25) is 0 Å². The Morgan fingerprint density at radius 2 is 1.51 bits per heavy atom. The van der Waals surface area contributed by atoms with Crippen LogP contribution in [0.4, 0.5) is 29.5 Å². The van der Waals surface area contributed by atoms with Crippen molar-refractivity contribution in [2.24, 2.45) is 0 Å². The Kier molecular flexibility index (Phi) is 5.98. The summed E-state index contributed by atoms with van der Waals surface area (Å²) >= 11 is 0. The first-order chi connectivity index (χ1) is 16.9. The molecule has 0 atom stereocenters. The van der Waals surface area contributed by atoms with Gasteiger partial charge in [-0.25, -0.2) is 4.79 Å². The molecule has 1 aliphatic rings. The lowest BCUT2D eigenvalue weighted by Crippen LogP contribution is -2.50. The van der Waals surface area contributed by atoms with Crippen molar-refractivity contribution in [3.8, 4) is 11.3 Å². The number of rotatable bonds is 3. The molecule has 0 saturated carbocycles. The minimum Gasteiger partial charge on any atom is -0.352 e. The number of fused-ring (bicyclic) bond motifs is 1. The normalized spacial score (nSPS) is 14.3. The molecule has 9 heteroatoms. The van der Waals surface area contributed by atoms with Crippen molar-refractivity contribution in [3.63, 3.8) is 0 Å². The maximum atomic E-state index is 13.2. The van der Waals surface area contributed by atoms with Crippen molar-refractivity contribution < 1.29 is 18.0 Å². The number of aromatic nitrogens is 2. The number of amides is 2. The number of nitrogens with zero attached hydrogens (tertiary/aromatic N) is 4. The molecule has 2 amide bonds. The number of carbonyl (C=O) groups excluding carboxylic acids is 1. The van der Waals surface area contributed by atoms with Crippen molar-refractivity contribution in [2.75, 3.05) is 36.4 Å². The molecule has 1 N–H and O–H groups in total. The first-order valence-corrected chi connectivity index (χ1v) is 11.2. The fraction of sp³-hybridized carbons (Fsp3) is 0.192. The van der Waals surface area contributed by atoms with Crippen LogP contribution in [0.5, 0.6) is 0 Å². The van der Waals surface area contributed by atoms with E-state index in [2.05, 4.69) is 39.8 Å². The van der Waals surface area contributed by atoms with E-state index in [9.17, 15) is 18.0 Å². The predicted octanol–water partition coefficient (Wildman–Crippen LogP) is 5.67. The Hall–Kier alpha value is -4.14. The molecule has 1 aromatic heterocycles. The van der Waals surface area contributed by atoms with Crippen LogP contribution in [0.3, 0.4) is 0 Å². The van der Waals surface area contributed by atoms with Gasteiger partial charge < -0.3 is 15.1 Å². The maximum absolute atomic E-state index is 13.2. The van der Waals surface area contributed by atoms with Gasteiger partial charge in [0.15, 0.2) is 5.82 Å². The van der Waals surface area contributed by atoms with Crippen molar-refractivity contribution in [3.05, 3.63) is 84.4 Å². The molecule has 1 saturated heterocycles. The summed E-state index contributed by atoms with van der Waals surface area (Å²) in [6.45, 7) is 1.71. The first-order valence-electron chi connectivity index (χ1n) is 11.2. The average Bonchev–Trinajstić information content (AvgIpc) is 2.88. The zero-order valence-corrected chi connectivity index (χ0v) is 18.7. The molecule has 4 aromatic rings. The molecule has 0 bridgehead atoms. The van der Waals surface area contributed by atoms with Crippen molar-refractivity contribution in [1.82, 2.24) is 15.1 Å². The number of urea groups is 1. The van der Waals surface area contributed by atoms with Gasteiger partial charge in [-0.15, -0.1) is 10.2 Å². The van der Waals surface area contributed by atoms with Gasteiger partial charge in [0.1, 0.15) is 0 Å². The molecule has 6 nitrogen and oxygen atoms in total. The second kappa shape index (κ2) is 9.25. The fourth-order valence-electron chi connectivity index (χ4n) is 4.17. The van der Waals surface area contributed by atoms with E-state index in [1.54, 1.807) is 0 Å². The summed E-state index contributed by atoms with van der Waals surface area (Å²) in [5.41, 5.74) is 0.626. The molecule has 3 aromatic carbocycles. The molecule has 1 fully saturated rings. The van der Waals surface area contributed by atoms with E-state index in [0.29, 0.717) is 32.0 Å². The molecule has 0 spiro atoms. The summed E-state index contributed by atoms with van der Waals surface area (Å²) in [6, 6.07) is 22.5. The number of anilines is 2. The van der Waals surface area contributed by atoms with Crippen molar-refractivity contribution >= 4 is 28.3 Å². The molecule has 0 radical (unpaired) electrons. The Morgan fingerprint density at radius 3 is 2.23 bits per heavy atom. The van der Waals surface area contributed by atoms with Crippen LogP contribution < -0.4 is 10.2 Å². The Labute approximate surface area is 200 Å². The van der Waals surface area contributed by atoms with E-state index in [-0.39, 0.29) is 5.69 Å². The number of para-hydroxylation sites is 1. The van der Waals surface area contributed by atoms with E-state index in [0.717, 1.165) is 28.1 Å². The van der Waals surface area contributed by atoms with Gasteiger partial charge in [-0.2, -0.15) is 13.2 Å². The van der Waals surface area contributed by atoms with E-state index in [1.165, 1.54) is 23.1 Å². The number of benzene rings is 3. The second-order valence-electron chi connectivity index (χ2n) is 8.29. The van der Waals surface area contributed by atoms with Crippen LogP contribution in [0.15, 0.2) is 78.9 Å². The molecular formula is C26H22F3N5O. The number of halogens is 3. The van der Waals surface area contributed by atoms with Gasteiger partial charge in [0.2, 0.25) is 0 Å². The van der Waals surface area contributed by atoms with E-state index in [4.69, 9.17) is 0 Å². The third kappa shape index (κ3) is 4.89. The second-order valence-corrected chi connectivity index (χ2v) is 8.29. The molecule has 35 heavy (non-hydrogen) atoms. The fourth-order valence-corrected chi connectivity index (χ4v) is 4.17. The molecule has 0 aliphatic carbocycles. The molecular weight excluding hydrogens is 455 g/mol. The minimum absolute atomic E-state index is 0.248.